The minimum absolute atomic E-state index is 0.132. The second-order valence-corrected chi connectivity index (χ2v) is 11.6. The molecule has 1 fully saturated rings. The van der Waals surface area contributed by atoms with Gasteiger partial charge in [0.2, 0.25) is 21.8 Å². The van der Waals surface area contributed by atoms with Crippen molar-refractivity contribution in [2.75, 3.05) is 17.1 Å². The Labute approximate surface area is 215 Å². The van der Waals surface area contributed by atoms with E-state index in [1.165, 1.54) is 4.90 Å². The molecule has 36 heavy (non-hydrogen) atoms. The molecular formula is C28H39N3O4S. The summed E-state index contributed by atoms with van der Waals surface area (Å²) in [5.41, 5.74) is 3.50. The summed E-state index contributed by atoms with van der Waals surface area (Å²) in [6.45, 7) is 5.75. The highest BCUT2D eigenvalue weighted by Crippen LogP contribution is 2.22. The highest BCUT2D eigenvalue weighted by atomic mass is 32.2. The van der Waals surface area contributed by atoms with Crippen molar-refractivity contribution in [3.8, 4) is 0 Å². The number of nitrogens with one attached hydrogen (secondary N) is 1. The molecule has 0 saturated heterocycles. The van der Waals surface area contributed by atoms with Crippen LogP contribution in [0.4, 0.5) is 5.69 Å². The molecular weight excluding hydrogens is 474 g/mol. The van der Waals surface area contributed by atoms with Crippen molar-refractivity contribution in [2.24, 2.45) is 0 Å². The fraction of sp³-hybridized carbons (Fsp3) is 0.500. The number of sulfonamides is 1. The largest absolute Gasteiger partial charge is 0.352 e. The molecule has 0 radical (unpaired) electrons. The molecule has 7 nitrogen and oxygen atoms in total. The lowest BCUT2D eigenvalue weighted by Gasteiger charge is -2.33. The van der Waals surface area contributed by atoms with Crippen molar-refractivity contribution in [1.29, 1.82) is 0 Å². The number of nitrogens with zero attached hydrogens (tertiary/aromatic N) is 2. The molecule has 0 spiro atoms. The summed E-state index contributed by atoms with van der Waals surface area (Å²) < 4.78 is 26.6. The van der Waals surface area contributed by atoms with Crippen molar-refractivity contribution >= 4 is 27.5 Å². The Morgan fingerprint density at radius 1 is 0.972 bits per heavy atom. The third-order valence-electron chi connectivity index (χ3n) is 6.87. The van der Waals surface area contributed by atoms with Crippen LogP contribution in [-0.4, -0.2) is 50.0 Å². The topological polar surface area (TPSA) is 86.8 Å². The van der Waals surface area contributed by atoms with Crippen molar-refractivity contribution in [3.63, 3.8) is 0 Å². The van der Waals surface area contributed by atoms with E-state index in [2.05, 4.69) is 5.32 Å². The van der Waals surface area contributed by atoms with Gasteiger partial charge < -0.3 is 10.2 Å². The standard InChI is InChI=1S/C28H39N3O4S/c1-5-22-15-17-25(18-16-22)31(36(4,34)35)20-27(32)30(19-23-13-11-21(3)12-14-23)26(6-2)28(33)29-24-9-7-8-10-24/h11-18,24,26H,5-10,19-20H2,1-4H3,(H,29,33). The molecule has 0 bridgehead atoms. The lowest BCUT2D eigenvalue weighted by Crippen LogP contribution is -2.53. The van der Waals surface area contributed by atoms with E-state index in [1.54, 1.807) is 12.1 Å². The van der Waals surface area contributed by atoms with E-state index in [1.807, 2.05) is 57.2 Å². The predicted octanol–water partition coefficient (Wildman–Crippen LogP) is 4.19. The van der Waals surface area contributed by atoms with Crippen LogP contribution in [0.3, 0.4) is 0 Å². The summed E-state index contributed by atoms with van der Waals surface area (Å²) >= 11 is 0. The fourth-order valence-corrected chi connectivity index (χ4v) is 5.54. The van der Waals surface area contributed by atoms with E-state index in [0.29, 0.717) is 12.1 Å². The summed E-state index contributed by atoms with van der Waals surface area (Å²) in [5, 5.41) is 3.12. The van der Waals surface area contributed by atoms with Gasteiger partial charge in [-0.3, -0.25) is 13.9 Å². The predicted molar refractivity (Wildman–Crippen MR) is 144 cm³/mol. The number of anilines is 1. The molecule has 1 aliphatic carbocycles. The first-order chi connectivity index (χ1) is 17.1. The summed E-state index contributed by atoms with van der Waals surface area (Å²) in [4.78, 5) is 28.6. The van der Waals surface area contributed by atoms with Crippen LogP contribution in [0.2, 0.25) is 0 Å². The third kappa shape index (κ3) is 7.32. The Morgan fingerprint density at radius 3 is 2.08 bits per heavy atom. The Balaban J connectivity index is 1.90. The van der Waals surface area contributed by atoms with Gasteiger partial charge in [-0.25, -0.2) is 8.42 Å². The van der Waals surface area contributed by atoms with Gasteiger partial charge in [0.1, 0.15) is 12.6 Å². The zero-order valence-corrected chi connectivity index (χ0v) is 22.7. The zero-order chi connectivity index (χ0) is 26.3. The van der Waals surface area contributed by atoms with Gasteiger partial charge in [-0.15, -0.1) is 0 Å². The van der Waals surface area contributed by atoms with Crippen LogP contribution >= 0.6 is 0 Å². The molecule has 2 amide bonds. The molecule has 0 aliphatic heterocycles. The van der Waals surface area contributed by atoms with Crippen LogP contribution in [0.15, 0.2) is 48.5 Å². The highest BCUT2D eigenvalue weighted by Gasteiger charge is 2.33. The van der Waals surface area contributed by atoms with Gasteiger partial charge in [0.25, 0.3) is 0 Å². The first-order valence-electron chi connectivity index (χ1n) is 12.8. The number of aryl methyl sites for hydroxylation is 2. The quantitative estimate of drug-likeness (QED) is 0.488. The van der Waals surface area contributed by atoms with Crippen LogP contribution in [0, 0.1) is 6.92 Å². The van der Waals surface area contributed by atoms with Crippen LogP contribution in [0.1, 0.15) is 62.6 Å². The third-order valence-corrected chi connectivity index (χ3v) is 8.01. The average molecular weight is 514 g/mol. The molecule has 1 atom stereocenters. The van der Waals surface area contributed by atoms with Crippen molar-refractivity contribution in [1.82, 2.24) is 10.2 Å². The molecule has 0 aromatic heterocycles. The van der Waals surface area contributed by atoms with Crippen LogP contribution in [0.5, 0.6) is 0 Å². The highest BCUT2D eigenvalue weighted by molar-refractivity contribution is 7.92. The van der Waals surface area contributed by atoms with Gasteiger partial charge >= 0.3 is 0 Å². The maximum Gasteiger partial charge on any atom is 0.244 e. The van der Waals surface area contributed by atoms with Gasteiger partial charge in [-0.2, -0.15) is 0 Å². The number of amides is 2. The smallest absolute Gasteiger partial charge is 0.244 e. The van der Waals surface area contributed by atoms with Gasteiger partial charge in [0.15, 0.2) is 0 Å². The van der Waals surface area contributed by atoms with E-state index in [0.717, 1.165) is 59.4 Å². The van der Waals surface area contributed by atoms with Crippen molar-refractivity contribution < 1.29 is 18.0 Å². The molecule has 1 aliphatic rings. The number of hydrogen-bond acceptors (Lipinski definition) is 4. The molecule has 2 aromatic rings. The second kappa shape index (κ2) is 12.4. The van der Waals surface area contributed by atoms with Crippen LogP contribution in [0.25, 0.3) is 0 Å². The average Bonchev–Trinajstić information content (AvgIpc) is 3.36. The number of benzene rings is 2. The molecule has 0 heterocycles. The normalized spacial score (nSPS) is 14.9. The number of hydrogen-bond donors (Lipinski definition) is 1. The lowest BCUT2D eigenvalue weighted by atomic mass is 10.1. The number of rotatable bonds is 11. The minimum atomic E-state index is -3.73. The lowest BCUT2D eigenvalue weighted by molar-refractivity contribution is -0.140. The van der Waals surface area contributed by atoms with Crippen LogP contribution < -0.4 is 9.62 Å². The molecule has 1 N–H and O–H groups in total. The molecule has 196 valence electrons. The summed E-state index contributed by atoms with van der Waals surface area (Å²) in [5.74, 6) is -0.586. The fourth-order valence-electron chi connectivity index (χ4n) is 4.69. The molecule has 1 unspecified atom stereocenters. The van der Waals surface area contributed by atoms with Gasteiger partial charge in [-0.1, -0.05) is 68.7 Å². The summed E-state index contributed by atoms with van der Waals surface area (Å²) in [6, 6.07) is 14.4. The monoisotopic (exact) mass is 513 g/mol. The van der Waals surface area contributed by atoms with Crippen LogP contribution in [-0.2, 0) is 32.6 Å². The zero-order valence-electron chi connectivity index (χ0n) is 21.9. The summed E-state index contributed by atoms with van der Waals surface area (Å²) in [6.07, 6.45) is 6.44. The summed E-state index contributed by atoms with van der Waals surface area (Å²) in [7, 11) is -3.73. The molecule has 8 heteroatoms. The van der Waals surface area contributed by atoms with Crippen molar-refractivity contribution in [3.05, 3.63) is 65.2 Å². The number of carbonyl (C=O) groups excluding carboxylic acids is 2. The van der Waals surface area contributed by atoms with E-state index in [9.17, 15) is 18.0 Å². The van der Waals surface area contributed by atoms with E-state index >= 15 is 0 Å². The molecule has 3 rings (SSSR count). The Hall–Kier alpha value is -2.87. The second-order valence-electron chi connectivity index (χ2n) is 9.71. The Bertz CT molecular complexity index is 1120. The van der Waals surface area contributed by atoms with E-state index in [4.69, 9.17) is 0 Å². The van der Waals surface area contributed by atoms with Gasteiger partial charge in [0.05, 0.1) is 11.9 Å². The van der Waals surface area contributed by atoms with Gasteiger partial charge in [0, 0.05) is 12.6 Å². The SMILES string of the molecule is CCc1ccc(N(CC(=O)N(Cc2ccc(C)cc2)C(CC)C(=O)NC2CCCC2)S(C)(=O)=O)cc1. The molecule has 1 saturated carbocycles. The maximum atomic E-state index is 13.7. The van der Waals surface area contributed by atoms with E-state index < -0.39 is 22.0 Å². The first-order valence-corrected chi connectivity index (χ1v) is 14.7. The van der Waals surface area contributed by atoms with Gasteiger partial charge in [-0.05, 0) is 55.9 Å². The minimum Gasteiger partial charge on any atom is -0.352 e. The first kappa shape index (κ1) is 27.7. The van der Waals surface area contributed by atoms with E-state index in [-0.39, 0.29) is 25.0 Å². The maximum absolute atomic E-state index is 13.7. The molecule has 2 aromatic carbocycles. The Morgan fingerprint density at radius 2 is 1.56 bits per heavy atom. The van der Waals surface area contributed by atoms with Crippen molar-refractivity contribution in [2.45, 2.75) is 77.9 Å². The number of carbonyl (C=O) groups is 2. The Kier molecular flexibility index (Phi) is 9.54.